The zero-order chi connectivity index (χ0) is 19.1. The number of hydrogen-bond acceptors (Lipinski definition) is 3. The maximum atomic E-state index is 12.8. The molecule has 3 rings (SSSR count). The molecular weight excluding hydrogens is 340 g/mol. The van der Waals surface area contributed by atoms with Gasteiger partial charge >= 0.3 is 5.97 Å². The van der Waals surface area contributed by atoms with E-state index >= 15 is 0 Å². The Morgan fingerprint density at radius 3 is 1.89 bits per heavy atom. The van der Waals surface area contributed by atoms with Gasteiger partial charge in [0.1, 0.15) is 0 Å². The van der Waals surface area contributed by atoms with E-state index in [1.54, 1.807) is 18.2 Å². The van der Waals surface area contributed by atoms with Gasteiger partial charge in [-0.15, -0.1) is 0 Å². The summed E-state index contributed by atoms with van der Waals surface area (Å²) in [6, 6.07) is 25.3. The van der Waals surface area contributed by atoms with Crippen LogP contribution in [0.2, 0.25) is 0 Å². The van der Waals surface area contributed by atoms with Crippen LogP contribution in [-0.4, -0.2) is 23.2 Å². The Kier molecular flexibility index (Phi) is 5.74. The highest BCUT2D eigenvalue weighted by Crippen LogP contribution is 2.24. The Bertz CT molecular complexity index is 914. The lowest BCUT2D eigenvalue weighted by Gasteiger charge is -2.16. The Hall–Kier alpha value is -3.73. The lowest BCUT2D eigenvalue weighted by molar-refractivity contribution is -0.121. The first-order chi connectivity index (χ1) is 13.2. The van der Waals surface area contributed by atoms with Gasteiger partial charge in [-0.2, -0.15) is 5.10 Å². The number of aromatic carboxylic acids is 1. The average Bonchev–Trinajstić information content (AvgIpc) is 2.70. The number of carboxylic acid groups (broad SMARTS) is 1. The van der Waals surface area contributed by atoms with Gasteiger partial charge in [0.15, 0.2) is 0 Å². The van der Waals surface area contributed by atoms with Crippen molar-refractivity contribution in [1.82, 2.24) is 5.43 Å². The molecule has 1 amide bonds. The molecule has 5 nitrogen and oxygen atoms in total. The van der Waals surface area contributed by atoms with E-state index in [1.165, 1.54) is 12.3 Å². The molecule has 0 unspecified atom stereocenters. The summed E-state index contributed by atoms with van der Waals surface area (Å²) >= 11 is 0. The number of benzene rings is 3. The summed E-state index contributed by atoms with van der Waals surface area (Å²) in [5, 5.41) is 13.2. The fraction of sp³-hybridized carbons (Fsp3) is 0.0455. The SMILES string of the molecule is O=C(O)c1ccccc1/C=N/NC(=O)C(c1ccccc1)c1ccccc1. The predicted octanol–water partition coefficient (Wildman–Crippen LogP) is 3.67. The van der Waals surface area contributed by atoms with Crippen molar-refractivity contribution >= 4 is 18.1 Å². The van der Waals surface area contributed by atoms with Crippen molar-refractivity contribution in [3.05, 3.63) is 107 Å². The molecule has 0 radical (unpaired) electrons. The van der Waals surface area contributed by atoms with Crippen molar-refractivity contribution in [2.45, 2.75) is 5.92 Å². The molecule has 27 heavy (non-hydrogen) atoms. The number of nitrogens with zero attached hydrogens (tertiary/aromatic N) is 1. The Balaban J connectivity index is 1.83. The summed E-state index contributed by atoms with van der Waals surface area (Å²) < 4.78 is 0. The van der Waals surface area contributed by atoms with Gasteiger partial charge < -0.3 is 5.11 Å². The van der Waals surface area contributed by atoms with Crippen LogP contribution in [0.3, 0.4) is 0 Å². The largest absolute Gasteiger partial charge is 0.478 e. The Morgan fingerprint density at radius 1 is 0.815 bits per heavy atom. The molecule has 0 bridgehead atoms. The van der Waals surface area contributed by atoms with Crippen LogP contribution in [0.5, 0.6) is 0 Å². The molecule has 0 fully saturated rings. The van der Waals surface area contributed by atoms with E-state index in [-0.39, 0.29) is 11.5 Å². The monoisotopic (exact) mass is 358 g/mol. The Labute approximate surface area is 157 Å². The van der Waals surface area contributed by atoms with E-state index in [2.05, 4.69) is 10.5 Å². The van der Waals surface area contributed by atoms with Crippen LogP contribution in [-0.2, 0) is 4.79 Å². The number of nitrogens with one attached hydrogen (secondary N) is 1. The Morgan fingerprint density at radius 2 is 1.33 bits per heavy atom. The molecule has 0 heterocycles. The van der Waals surface area contributed by atoms with Gasteiger partial charge in [0.25, 0.3) is 5.91 Å². The molecule has 3 aromatic rings. The molecule has 0 saturated carbocycles. The zero-order valence-corrected chi connectivity index (χ0v) is 14.4. The van der Waals surface area contributed by atoms with Crippen molar-refractivity contribution in [2.75, 3.05) is 0 Å². The van der Waals surface area contributed by atoms with E-state index in [4.69, 9.17) is 0 Å². The normalized spacial score (nSPS) is 10.9. The summed E-state index contributed by atoms with van der Waals surface area (Å²) in [4.78, 5) is 24.1. The van der Waals surface area contributed by atoms with Crippen LogP contribution in [0.4, 0.5) is 0 Å². The maximum absolute atomic E-state index is 12.8. The predicted molar refractivity (Wildman–Crippen MR) is 104 cm³/mol. The molecule has 0 atom stereocenters. The van der Waals surface area contributed by atoms with Gasteiger partial charge in [-0.3, -0.25) is 4.79 Å². The third-order valence-corrected chi connectivity index (χ3v) is 4.10. The molecule has 0 saturated heterocycles. The third-order valence-electron chi connectivity index (χ3n) is 4.10. The van der Waals surface area contributed by atoms with Crippen LogP contribution < -0.4 is 5.43 Å². The van der Waals surface area contributed by atoms with Gasteiger partial charge in [0, 0.05) is 5.56 Å². The summed E-state index contributed by atoms with van der Waals surface area (Å²) in [6.45, 7) is 0. The van der Waals surface area contributed by atoms with Gasteiger partial charge in [-0.25, -0.2) is 10.2 Å². The first kappa shape index (κ1) is 18.1. The lowest BCUT2D eigenvalue weighted by Crippen LogP contribution is -2.26. The summed E-state index contributed by atoms with van der Waals surface area (Å²) in [5.74, 6) is -1.86. The molecule has 3 aromatic carbocycles. The summed E-state index contributed by atoms with van der Waals surface area (Å²) in [6.07, 6.45) is 1.34. The highest BCUT2D eigenvalue weighted by molar-refractivity contribution is 5.98. The van der Waals surface area contributed by atoms with E-state index < -0.39 is 11.9 Å². The van der Waals surface area contributed by atoms with Crippen molar-refractivity contribution < 1.29 is 14.7 Å². The number of amides is 1. The van der Waals surface area contributed by atoms with E-state index in [0.717, 1.165) is 11.1 Å². The second-order valence-electron chi connectivity index (χ2n) is 5.88. The highest BCUT2D eigenvalue weighted by atomic mass is 16.4. The topological polar surface area (TPSA) is 78.8 Å². The molecule has 2 N–H and O–H groups in total. The molecule has 5 heteroatoms. The second kappa shape index (κ2) is 8.58. The molecule has 0 aromatic heterocycles. The van der Waals surface area contributed by atoms with Crippen LogP contribution >= 0.6 is 0 Å². The minimum absolute atomic E-state index is 0.123. The molecule has 0 spiro atoms. The minimum Gasteiger partial charge on any atom is -0.478 e. The van der Waals surface area contributed by atoms with Crippen molar-refractivity contribution in [3.8, 4) is 0 Å². The molecule has 0 aliphatic heterocycles. The second-order valence-corrected chi connectivity index (χ2v) is 5.88. The number of carbonyl (C=O) groups excluding carboxylic acids is 1. The van der Waals surface area contributed by atoms with E-state index in [0.29, 0.717) is 5.56 Å². The van der Waals surface area contributed by atoms with E-state index in [1.807, 2.05) is 60.7 Å². The van der Waals surface area contributed by atoms with E-state index in [9.17, 15) is 14.7 Å². The maximum Gasteiger partial charge on any atom is 0.336 e. The highest BCUT2D eigenvalue weighted by Gasteiger charge is 2.22. The fourth-order valence-corrected chi connectivity index (χ4v) is 2.82. The number of hydrogen-bond donors (Lipinski definition) is 2. The fourth-order valence-electron chi connectivity index (χ4n) is 2.82. The van der Waals surface area contributed by atoms with Crippen LogP contribution in [0.1, 0.15) is 33.0 Å². The van der Waals surface area contributed by atoms with Gasteiger partial charge in [0.05, 0.1) is 17.7 Å². The van der Waals surface area contributed by atoms with Crippen LogP contribution in [0, 0.1) is 0 Å². The minimum atomic E-state index is -1.05. The lowest BCUT2D eigenvalue weighted by atomic mass is 9.91. The zero-order valence-electron chi connectivity index (χ0n) is 14.4. The van der Waals surface area contributed by atoms with Crippen molar-refractivity contribution in [3.63, 3.8) is 0 Å². The van der Waals surface area contributed by atoms with Gasteiger partial charge in [0.2, 0.25) is 0 Å². The molecule has 0 aliphatic carbocycles. The molecule has 134 valence electrons. The molecule has 0 aliphatic rings. The third kappa shape index (κ3) is 4.46. The number of carboxylic acids is 1. The first-order valence-corrected chi connectivity index (χ1v) is 8.42. The average molecular weight is 358 g/mol. The van der Waals surface area contributed by atoms with Crippen LogP contribution in [0.25, 0.3) is 0 Å². The van der Waals surface area contributed by atoms with Crippen molar-refractivity contribution in [1.29, 1.82) is 0 Å². The smallest absolute Gasteiger partial charge is 0.336 e. The number of hydrazone groups is 1. The molecular formula is C22H18N2O3. The van der Waals surface area contributed by atoms with Crippen molar-refractivity contribution in [2.24, 2.45) is 5.10 Å². The quantitative estimate of drug-likeness (QED) is 0.521. The van der Waals surface area contributed by atoms with Gasteiger partial charge in [-0.1, -0.05) is 78.9 Å². The number of carbonyl (C=O) groups is 2. The summed E-state index contributed by atoms with van der Waals surface area (Å²) in [5.41, 5.74) is 4.77. The standard InChI is InChI=1S/C22H18N2O3/c25-21(24-23-15-18-13-7-8-14-19(18)22(26)27)20(16-9-3-1-4-10-16)17-11-5-2-6-12-17/h1-15,20H,(H,24,25)(H,26,27)/b23-15+. The van der Waals surface area contributed by atoms with Gasteiger partial charge in [-0.05, 0) is 17.2 Å². The number of rotatable bonds is 6. The first-order valence-electron chi connectivity index (χ1n) is 8.42. The summed E-state index contributed by atoms with van der Waals surface area (Å²) in [7, 11) is 0. The van der Waals surface area contributed by atoms with Crippen LogP contribution in [0.15, 0.2) is 90.0 Å².